The minimum absolute atomic E-state index is 0.0987. The zero-order valence-corrected chi connectivity index (χ0v) is 27.6. The van der Waals surface area contributed by atoms with Gasteiger partial charge in [-0.15, -0.1) is 0 Å². The van der Waals surface area contributed by atoms with Crippen LogP contribution in [-0.2, 0) is 9.59 Å². The molecule has 0 spiro atoms. The summed E-state index contributed by atoms with van der Waals surface area (Å²) in [5.41, 5.74) is 6.37. The Morgan fingerprint density at radius 1 is 0.918 bits per heavy atom. The highest BCUT2D eigenvalue weighted by Crippen LogP contribution is 2.41. The number of hydrogen-bond donors (Lipinski definition) is 2. The SMILES string of the molecule is CN1CCC(c2ccc3nc(-c4cnn([C@H]5C[C@H](CCCNc6ccc7c(c6)C(=O)N(C6CCC(=O)NC6=O)C7=O)C5)c4)cnc3c2)CC1. The van der Waals surface area contributed by atoms with E-state index >= 15 is 0 Å². The molecule has 49 heavy (non-hydrogen) atoms. The highest BCUT2D eigenvalue weighted by Gasteiger charge is 2.44. The molecular formula is C37H40N8O4. The van der Waals surface area contributed by atoms with Crippen LogP contribution in [0.3, 0.4) is 0 Å². The van der Waals surface area contributed by atoms with Crippen LogP contribution in [0.4, 0.5) is 5.69 Å². The zero-order chi connectivity index (χ0) is 33.6. The molecule has 3 aliphatic heterocycles. The van der Waals surface area contributed by atoms with Gasteiger partial charge in [0, 0.05) is 30.4 Å². The molecule has 2 N–H and O–H groups in total. The van der Waals surface area contributed by atoms with Crippen molar-refractivity contribution in [2.45, 2.75) is 69.4 Å². The first kappa shape index (κ1) is 31.3. The van der Waals surface area contributed by atoms with Crippen molar-refractivity contribution in [3.05, 3.63) is 71.7 Å². The van der Waals surface area contributed by atoms with Crippen LogP contribution in [0, 0.1) is 5.92 Å². The number of benzene rings is 2. The smallest absolute Gasteiger partial charge is 0.262 e. The molecule has 0 radical (unpaired) electrons. The Hall–Kier alpha value is -4.97. The first-order valence-electron chi connectivity index (χ1n) is 17.4. The molecule has 12 heteroatoms. The third-order valence-corrected chi connectivity index (χ3v) is 10.8. The minimum Gasteiger partial charge on any atom is -0.385 e. The molecule has 4 aliphatic rings. The fourth-order valence-corrected chi connectivity index (χ4v) is 7.79. The fourth-order valence-electron chi connectivity index (χ4n) is 7.79. The fraction of sp³-hybridized carbons (Fsp3) is 0.432. The third-order valence-electron chi connectivity index (χ3n) is 10.8. The lowest BCUT2D eigenvalue weighted by molar-refractivity contribution is -0.136. The van der Waals surface area contributed by atoms with Crippen molar-refractivity contribution in [3.8, 4) is 11.3 Å². The van der Waals surface area contributed by atoms with E-state index in [4.69, 9.17) is 9.97 Å². The van der Waals surface area contributed by atoms with E-state index < -0.39 is 23.8 Å². The number of rotatable bonds is 9. The van der Waals surface area contributed by atoms with Crippen LogP contribution >= 0.6 is 0 Å². The highest BCUT2D eigenvalue weighted by atomic mass is 16.2. The molecule has 0 bridgehead atoms. The maximum Gasteiger partial charge on any atom is 0.262 e. The molecule has 1 saturated carbocycles. The number of carbonyl (C=O) groups is 4. The van der Waals surface area contributed by atoms with Crippen LogP contribution in [0.25, 0.3) is 22.3 Å². The number of carbonyl (C=O) groups excluding carboxylic acids is 4. The first-order chi connectivity index (χ1) is 23.8. The molecule has 1 aliphatic carbocycles. The van der Waals surface area contributed by atoms with Gasteiger partial charge in [-0.25, -0.2) is 4.98 Å². The summed E-state index contributed by atoms with van der Waals surface area (Å²) in [6.45, 7) is 3.02. The summed E-state index contributed by atoms with van der Waals surface area (Å²) in [7, 11) is 2.19. The van der Waals surface area contributed by atoms with Crippen molar-refractivity contribution in [3.63, 3.8) is 0 Å². The second-order valence-electron chi connectivity index (χ2n) is 14.1. The molecule has 252 valence electrons. The van der Waals surface area contributed by atoms with Crippen molar-refractivity contribution in [2.24, 2.45) is 5.92 Å². The Bertz CT molecular complexity index is 1960. The predicted molar refractivity (Wildman–Crippen MR) is 183 cm³/mol. The molecular weight excluding hydrogens is 620 g/mol. The van der Waals surface area contributed by atoms with E-state index in [0.29, 0.717) is 17.9 Å². The minimum atomic E-state index is -0.962. The van der Waals surface area contributed by atoms with Crippen LogP contribution in [0.5, 0.6) is 0 Å². The van der Waals surface area contributed by atoms with E-state index in [1.54, 1.807) is 18.2 Å². The first-order valence-corrected chi connectivity index (χ1v) is 17.4. The maximum absolute atomic E-state index is 13.1. The lowest BCUT2D eigenvalue weighted by Crippen LogP contribution is -2.54. The van der Waals surface area contributed by atoms with Crippen molar-refractivity contribution in [2.75, 3.05) is 32.0 Å². The Labute approximate surface area is 284 Å². The average molecular weight is 661 g/mol. The van der Waals surface area contributed by atoms with E-state index in [2.05, 4.69) is 56.8 Å². The van der Waals surface area contributed by atoms with Gasteiger partial charge in [0.1, 0.15) is 6.04 Å². The van der Waals surface area contributed by atoms with Gasteiger partial charge in [-0.3, -0.25) is 39.1 Å². The van der Waals surface area contributed by atoms with Crippen LogP contribution in [0.15, 0.2) is 55.0 Å². The zero-order valence-electron chi connectivity index (χ0n) is 27.6. The second-order valence-corrected chi connectivity index (χ2v) is 14.1. The lowest BCUT2D eigenvalue weighted by atomic mass is 9.77. The number of hydrogen-bond acceptors (Lipinski definition) is 9. The molecule has 1 unspecified atom stereocenters. The maximum atomic E-state index is 13.1. The van der Waals surface area contributed by atoms with Gasteiger partial charge in [0.15, 0.2) is 0 Å². The molecule has 2 saturated heterocycles. The number of piperidine rings is 2. The normalized spacial score (nSPS) is 23.1. The number of imide groups is 2. The summed E-state index contributed by atoms with van der Waals surface area (Å²) in [6, 6.07) is 11.1. The highest BCUT2D eigenvalue weighted by molar-refractivity contribution is 6.23. The lowest BCUT2D eigenvalue weighted by Gasteiger charge is -2.35. The van der Waals surface area contributed by atoms with Crippen LogP contribution in [0.1, 0.15) is 89.6 Å². The number of likely N-dealkylation sites (tertiary alicyclic amines) is 1. The van der Waals surface area contributed by atoms with E-state index in [1.165, 1.54) is 18.4 Å². The van der Waals surface area contributed by atoms with Gasteiger partial charge in [-0.05, 0) is 113 Å². The van der Waals surface area contributed by atoms with Crippen molar-refractivity contribution in [1.82, 2.24) is 34.9 Å². The molecule has 4 aromatic rings. The molecule has 5 heterocycles. The Morgan fingerprint density at radius 3 is 2.55 bits per heavy atom. The molecule has 1 atom stereocenters. The number of amides is 4. The quantitative estimate of drug-likeness (QED) is 0.195. The van der Waals surface area contributed by atoms with Crippen LogP contribution in [0.2, 0.25) is 0 Å². The topological polar surface area (TPSA) is 142 Å². The summed E-state index contributed by atoms with van der Waals surface area (Å²) in [5.74, 6) is -0.766. The molecule has 3 fully saturated rings. The molecule has 4 amide bonds. The van der Waals surface area contributed by atoms with E-state index in [-0.39, 0.29) is 29.9 Å². The van der Waals surface area contributed by atoms with Gasteiger partial charge in [0.2, 0.25) is 11.8 Å². The Balaban J connectivity index is 0.807. The van der Waals surface area contributed by atoms with Gasteiger partial charge < -0.3 is 10.2 Å². The number of nitrogens with one attached hydrogen (secondary N) is 2. The summed E-state index contributed by atoms with van der Waals surface area (Å²) in [4.78, 5) is 62.9. The van der Waals surface area contributed by atoms with Gasteiger partial charge in [0.25, 0.3) is 11.8 Å². The monoisotopic (exact) mass is 660 g/mol. The summed E-state index contributed by atoms with van der Waals surface area (Å²) in [5, 5.41) is 10.3. The number of anilines is 1. The van der Waals surface area contributed by atoms with Gasteiger partial charge in [-0.1, -0.05) is 6.07 Å². The summed E-state index contributed by atoms with van der Waals surface area (Å²) >= 11 is 0. The number of nitrogens with zero attached hydrogens (tertiary/aromatic N) is 6. The average Bonchev–Trinajstić information content (AvgIpc) is 3.66. The van der Waals surface area contributed by atoms with Gasteiger partial charge in [0.05, 0.1) is 46.3 Å². The van der Waals surface area contributed by atoms with E-state index in [9.17, 15) is 19.2 Å². The molecule has 2 aromatic carbocycles. The molecule has 2 aromatic heterocycles. The van der Waals surface area contributed by atoms with Gasteiger partial charge in [-0.2, -0.15) is 5.10 Å². The van der Waals surface area contributed by atoms with Gasteiger partial charge >= 0.3 is 0 Å². The molecule has 8 rings (SSSR count). The van der Waals surface area contributed by atoms with Crippen LogP contribution in [-0.4, -0.2) is 85.9 Å². The second kappa shape index (κ2) is 12.8. The number of fused-ring (bicyclic) bond motifs is 2. The standard InChI is InChI=1S/C37H40N8O4/c1-43-13-10-23(11-14-43)24-4-7-30-31(17-24)39-20-32(41-30)25-19-40-44(21-25)27-15-22(16-27)3-2-12-38-26-5-6-28-29(18-26)37(49)45(36(28)48)33-8-9-34(46)42-35(33)47/h4-7,17-23,27,33,38H,2-3,8-16H2,1H3,(H,42,46,47)/t22-,27-,33?. The third kappa shape index (κ3) is 6.09. The molecule has 12 nitrogen and oxygen atoms in total. The van der Waals surface area contributed by atoms with Crippen LogP contribution < -0.4 is 10.6 Å². The van der Waals surface area contributed by atoms with Crippen molar-refractivity contribution >= 4 is 40.3 Å². The van der Waals surface area contributed by atoms with E-state index in [0.717, 1.165) is 78.2 Å². The predicted octanol–water partition coefficient (Wildman–Crippen LogP) is 4.55. The Morgan fingerprint density at radius 2 is 1.73 bits per heavy atom. The summed E-state index contributed by atoms with van der Waals surface area (Å²) in [6.07, 6.45) is 12.7. The van der Waals surface area contributed by atoms with E-state index in [1.807, 2.05) is 12.4 Å². The Kier molecular flexibility index (Phi) is 8.18. The number of aromatic nitrogens is 4. The van der Waals surface area contributed by atoms with Crippen molar-refractivity contribution in [1.29, 1.82) is 0 Å². The summed E-state index contributed by atoms with van der Waals surface area (Å²) < 4.78 is 2.07. The largest absolute Gasteiger partial charge is 0.385 e. The van der Waals surface area contributed by atoms with Crippen molar-refractivity contribution < 1.29 is 19.2 Å².